The molecule has 0 saturated carbocycles. The molecule has 0 aliphatic heterocycles. The van der Waals surface area contributed by atoms with Crippen molar-refractivity contribution in [3.63, 3.8) is 0 Å². The van der Waals surface area contributed by atoms with Crippen molar-refractivity contribution in [1.82, 2.24) is 4.98 Å². The molecule has 3 nitrogen and oxygen atoms in total. The molecule has 0 atom stereocenters. The number of hydrogen-bond donors (Lipinski definition) is 2. The summed E-state index contributed by atoms with van der Waals surface area (Å²) in [5, 5.41) is 1.50. The first kappa shape index (κ1) is 12.8. The Hall–Kier alpha value is -2.26. The third-order valence-electron chi connectivity index (χ3n) is 3.43. The molecule has 0 aliphatic carbocycles. The summed E-state index contributed by atoms with van der Waals surface area (Å²) in [4.78, 5) is 15.6. The maximum Gasteiger partial charge on any atom is 0.195 e. The molecule has 4 heteroatoms. The highest BCUT2D eigenvalue weighted by atomic mass is 35.5. The Morgan fingerprint density at radius 2 is 2.00 bits per heavy atom. The Bertz CT molecular complexity index is 820. The first-order valence-corrected chi connectivity index (χ1v) is 6.61. The molecule has 1 heterocycles. The van der Waals surface area contributed by atoms with Gasteiger partial charge < -0.3 is 10.7 Å². The minimum atomic E-state index is -0.0507. The van der Waals surface area contributed by atoms with Crippen LogP contribution in [-0.4, -0.2) is 10.8 Å². The van der Waals surface area contributed by atoms with Gasteiger partial charge >= 0.3 is 0 Å². The Balaban J connectivity index is 2.10. The van der Waals surface area contributed by atoms with Crippen LogP contribution in [0.1, 0.15) is 21.5 Å². The number of rotatable bonds is 2. The van der Waals surface area contributed by atoms with E-state index in [9.17, 15) is 4.79 Å². The molecule has 0 saturated heterocycles. The van der Waals surface area contributed by atoms with Gasteiger partial charge in [-0.15, -0.1) is 0 Å². The number of aryl methyl sites for hydroxylation is 1. The molecule has 100 valence electrons. The van der Waals surface area contributed by atoms with Crippen LogP contribution in [0.4, 0.5) is 5.69 Å². The average molecular weight is 285 g/mol. The number of anilines is 1. The smallest absolute Gasteiger partial charge is 0.195 e. The van der Waals surface area contributed by atoms with Crippen molar-refractivity contribution in [2.24, 2.45) is 0 Å². The summed E-state index contributed by atoms with van der Waals surface area (Å²) in [7, 11) is 0. The van der Waals surface area contributed by atoms with E-state index in [2.05, 4.69) is 4.98 Å². The standard InChI is InChI=1S/C16H13ClN2O/c1-9-2-3-10(6-14(9)18)16(20)13-8-19-15-7-11(17)4-5-12(13)15/h2-8,19H,18H2,1H3. The lowest BCUT2D eigenvalue weighted by Crippen LogP contribution is -2.02. The molecule has 3 aromatic rings. The van der Waals surface area contributed by atoms with E-state index in [-0.39, 0.29) is 5.78 Å². The van der Waals surface area contributed by atoms with Gasteiger partial charge in [-0.1, -0.05) is 29.8 Å². The van der Waals surface area contributed by atoms with E-state index in [1.54, 1.807) is 30.5 Å². The lowest BCUT2D eigenvalue weighted by Gasteiger charge is -2.04. The number of nitrogen functional groups attached to an aromatic ring is 1. The number of aromatic nitrogens is 1. The average Bonchev–Trinajstić information content (AvgIpc) is 2.84. The Morgan fingerprint density at radius 1 is 1.20 bits per heavy atom. The van der Waals surface area contributed by atoms with Crippen LogP contribution in [0.3, 0.4) is 0 Å². The molecule has 20 heavy (non-hydrogen) atoms. The number of nitrogens with two attached hydrogens (primary N) is 1. The molecule has 0 radical (unpaired) electrons. The molecule has 1 aromatic heterocycles. The number of aromatic amines is 1. The lowest BCUT2D eigenvalue weighted by molar-refractivity contribution is 0.104. The van der Waals surface area contributed by atoms with Gasteiger partial charge in [0.15, 0.2) is 5.78 Å². The molecule has 0 unspecified atom stereocenters. The molecule has 0 bridgehead atoms. The van der Waals surface area contributed by atoms with Crippen molar-refractivity contribution in [3.05, 3.63) is 64.3 Å². The maximum atomic E-state index is 12.6. The Morgan fingerprint density at radius 3 is 2.75 bits per heavy atom. The van der Waals surface area contributed by atoms with Gasteiger partial charge in [0.2, 0.25) is 0 Å². The quantitative estimate of drug-likeness (QED) is 0.553. The van der Waals surface area contributed by atoms with Crippen molar-refractivity contribution in [1.29, 1.82) is 0 Å². The van der Waals surface area contributed by atoms with Gasteiger partial charge in [0.05, 0.1) is 0 Å². The molecule has 0 fully saturated rings. The normalized spacial score (nSPS) is 10.9. The van der Waals surface area contributed by atoms with Crippen molar-refractivity contribution >= 4 is 34.0 Å². The van der Waals surface area contributed by atoms with Gasteiger partial charge in [-0.05, 0) is 30.7 Å². The van der Waals surface area contributed by atoms with Crippen molar-refractivity contribution in [3.8, 4) is 0 Å². The third-order valence-corrected chi connectivity index (χ3v) is 3.66. The van der Waals surface area contributed by atoms with Gasteiger partial charge in [0.1, 0.15) is 0 Å². The van der Waals surface area contributed by atoms with Crippen molar-refractivity contribution in [2.75, 3.05) is 5.73 Å². The highest BCUT2D eigenvalue weighted by Crippen LogP contribution is 2.25. The summed E-state index contributed by atoms with van der Waals surface area (Å²) in [6.45, 7) is 1.91. The lowest BCUT2D eigenvalue weighted by atomic mass is 10.0. The number of benzene rings is 2. The predicted molar refractivity (Wildman–Crippen MR) is 82.3 cm³/mol. The van der Waals surface area contributed by atoms with Crippen LogP contribution in [0.2, 0.25) is 5.02 Å². The highest BCUT2D eigenvalue weighted by Gasteiger charge is 2.14. The highest BCUT2D eigenvalue weighted by molar-refractivity contribution is 6.31. The van der Waals surface area contributed by atoms with Gasteiger partial charge in [0.25, 0.3) is 0 Å². The summed E-state index contributed by atoms with van der Waals surface area (Å²) in [5.74, 6) is -0.0507. The summed E-state index contributed by atoms with van der Waals surface area (Å²) < 4.78 is 0. The summed E-state index contributed by atoms with van der Waals surface area (Å²) in [5.41, 5.74) is 9.52. The second-order valence-electron chi connectivity index (χ2n) is 4.79. The number of nitrogens with one attached hydrogen (secondary N) is 1. The zero-order valence-electron chi connectivity index (χ0n) is 10.9. The summed E-state index contributed by atoms with van der Waals surface area (Å²) in [6.07, 6.45) is 1.71. The number of carbonyl (C=O) groups excluding carboxylic acids is 1. The van der Waals surface area contributed by atoms with E-state index in [1.807, 2.05) is 19.1 Å². The fourth-order valence-corrected chi connectivity index (χ4v) is 2.40. The number of H-pyrrole nitrogens is 1. The van der Waals surface area contributed by atoms with E-state index in [0.29, 0.717) is 21.8 Å². The summed E-state index contributed by atoms with van der Waals surface area (Å²) >= 11 is 5.94. The fraction of sp³-hybridized carbons (Fsp3) is 0.0625. The van der Waals surface area contributed by atoms with Crippen LogP contribution < -0.4 is 5.73 Å². The van der Waals surface area contributed by atoms with Gasteiger partial charge in [-0.25, -0.2) is 0 Å². The van der Waals surface area contributed by atoms with Crippen LogP contribution >= 0.6 is 11.6 Å². The van der Waals surface area contributed by atoms with Crippen molar-refractivity contribution in [2.45, 2.75) is 6.92 Å². The minimum absolute atomic E-state index is 0.0507. The zero-order chi connectivity index (χ0) is 14.3. The van der Waals surface area contributed by atoms with Gasteiger partial charge in [-0.2, -0.15) is 0 Å². The molecule has 2 aromatic carbocycles. The molecular weight excluding hydrogens is 272 g/mol. The van der Waals surface area contributed by atoms with Gasteiger partial charge in [0, 0.05) is 38.9 Å². The van der Waals surface area contributed by atoms with Crippen molar-refractivity contribution < 1.29 is 4.79 Å². The molecule has 3 N–H and O–H groups in total. The first-order chi connectivity index (χ1) is 9.56. The van der Waals surface area contributed by atoms with E-state index < -0.39 is 0 Å². The molecule has 3 rings (SSSR count). The monoisotopic (exact) mass is 284 g/mol. The van der Waals surface area contributed by atoms with Gasteiger partial charge in [-0.3, -0.25) is 4.79 Å². The Kier molecular flexibility index (Phi) is 2.99. The topological polar surface area (TPSA) is 58.9 Å². The van der Waals surface area contributed by atoms with E-state index in [1.165, 1.54) is 0 Å². The largest absolute Gasteiger partial charge is 0.398 e. The number of ketones is 1. The van der Waals surface area contributed by atoms with Crippen LogP contribution in [-0.2, 0) is 0 Å². The Labute approximate surface area is 121 Å². The second kappa shape index (κ2) is 4.69. The fourth-order valence-electron chi connectivity index (χ4n) is 2.22. The van der Waals surface area contributed by atoms with Crippen LogP contribution in [0, 0.1) is 6.92 Å². The SMILES string of the molecule is Cc1ccc(C(=O)c2c[nH]c3cc(Cl)ccc23)cc1N. The van der Waals surface area contributed by atoms with E-state index >= 15 is 0 Å². The first-order valence-electron chi connectivity index (χ1n) is 6.24. The third kappa shape index (κ3) is 2.06. The second-order valence-corrected chi connectivity index (χ2v) is 5.23. The molecule has 0 amide bonds. The molecule has 0 aliphatic rings. The number of hydrogen-bond acceptors (Lipinski definition) is 2. The maximum absolute atomic E-state index is 12.6. The number of halogens is 1. The summed E-state index contributed by atoms with van der Waals surface area (Å²) in [6, 6.07) is 10.8. The number of fused-ring (bicyclic) bond motifs is 1. The predicted octanol–water partition coefficient (Wildman–Crippen LogP) is 3.94. The zero-order valence-corrected chi connectivity index (χ0v) is 11.7. The van der Waals surface area contributed by atoms with E-state index in [0.717, 1.165) is 16.5 Å². The number of carbonyl (C=O) groups is 1. The molecule has 0 spiro atoms. The van der Waals surface area contributed by atoms with Crippen LogP contribution in [0.5, 0.6) is 0 Å². The molecular formula is C16H13ClN2O. The minimum Gasteiger partial charge on any atom is -0.398 e. The van der Waals surface area contributed by atoms with Crippen LogP contribution in [0.15, 0.2) is 42.6 Å². The van der Waals surface area contributed by atoms with Crippen LogP contribution in [0.25, 0.3) is 10.9 Å². The van der Waals surface area contributed by atoms with E-state index in [4.69, 9.17) is 17.3 Å².